The molecule has 1 heterocycles. The fourth-order valence-electron chi connectivity index (χ4n) is 2.06. The number of sulfonamides is 1. The highest BCUT2D eigenvalue weighted by Crippen LogP contribution is 2.31. The third-order valence-corrected chi connectivity index (χ3v) is 6.21. The molecule has 2 N–H and O–H groups in total. The Hall–Kier alpha value is -0.950. The summed E-state index contributed by atoms with van der Waals surface area (Å²) in [6.07, 6.45) is 0.657. The van der Waals surface area contributed by atoms with Crippen LogP contribution in [0.1, 0.15) is 24.5 Å². The third-order valence-electron chi connectivity index (χ3n) is 3.31. The smallest absolute Gasteiger partial charge is 0.214 e. The molecular weight excluding hydrogens is 282 g/mol. The average molecular weight is 297 g/mol. The number of rotatable bonds is 5. The molecule has 19 heavy (non-hydrogen) atoms. The van der Waals surface area contributed by atoms with Gasteiger partial charge >= 0.3 is 0 Å². The van der Waals surface area contributed by atoms with E-state index < -0.39 is 16.1 Å². The number of hydrogen-bond acceptors (Lipinski definition) is 4. The molecule has 4 nitrogen and oxygen atoms in total. The number of thiophene rings is 1. The molecule has 1 atom stereocenters. The minimum absolute atomic E-state index is 0.0412. The van der Waals surface area contributed by atoms with E-state index in [2.05, 4.69) is 4.72 Å². The summed E-state index contributed by atoms with van der Waals surface area (Å²) in [4.78, 5) is 0. The van der Waals surface area contributed by atoms with Crippen molar-refractivity contribution < 1.29 is 13.5 Å². The van der Waals surface area contributed by atoms with E-state index >= 15 is 0 Å². The van der Waals surface area contributed by atoms with Crippen LogP contribution in [0.2, 0.25) is 0 Å². The van der Waals surface area contributed by atoms with E-state index in [4.69, 9.17) is 0 Å². The molecule has 1 fully saturated rings. The van der Waals surface area contributed by atoms with Crippen molar-refractivity contribution in [1.29, 1.82) is 0 Å². The number of nitrogens with one attached hydrogen (secondary N) is 1. The molecule has 0 saturated heterocycles. The van der Waals surface area contributed by atoms with Crippen LogP contribution >= 0.6 is 11.3 Å². The van der Waals surface area contributed by atoms with Crippen LogP contribution in [-0.4, -0.2) is 25.3 Å². The van der Waals surface area contributed by atoms with Crippen LogP contribution in [0.25, 0.3) is 10.1 Å². The summed E-state index contributed by atoms with van der Waals surface area (Å²) in [5.41, 5.74) is 0.791. The fraction of sp³-hybridized carbons (Fsp3) is 0.385. The van der Waals surface area contributed by atoms with E-state index in [1.807, 2.05) is 29.6 Å². The van der Waals surface area contributed by atoms with Gasteiger partial charge in [0.15, 0.2) is 0 Å². The predicted octanol–water partition coefficient (Wildman–Crippen LogP) is 2.02. The highest BCUT2D eigenvalue weighted by atomic mass is 32.2. The summed E-state index contributed by atoms with van der Waals surface area (Å²) in [7, 11) is -3.23. The molecule has 0 spiro atoms. The van der Waals surface area contributed by atoms with E-state index in [1.54, 1.807) is 11.3 Å². The minimum atomic E-state index is -3.23. The van der Waals surface area contributed by atoms with Gasteiger partial charge in [-0.3, -0.25) is 0 Å². The maximum atomic E-state index is 11.7. The van der Waals surface area contributed by atoms with Crippen molar-refractivity contribution in [3.8, 4) is 0 Å². The van der Waals surface area contributed by atoms with E-state index in [1.165, 1.54) is 0 Å². The molecule has 0 amide bonds. The highest BCUT2D eigenvalue weighted by Gasteiger charge is 2.35. The SMILES string of the molecule is O=S(=O)(NC[C@@H](O)c1csc2ccccc12)C1CC1. The van der Waals surface area contributed by atoms with Crippen molar-refractivity contribution in [1.82, 2.24) is 4.72 Å². The van der Waals surface area contributed by atoms with Gasteiger partial charge in [-0.05, 0) is 29.7 Å². The van der Waals surface area contributed by atoms with Crippen LogP contribution < -0.4 is 4.72 Å². The molecule has 1 saturated carbocycles. The van der Waals surface area contributed by atoms with Crippen molar-refractivity contribution in [2.75, 3.05) is 6.54 Å². The molecule has 1 aromatic carbocycles. The first kappa shape index (κ1) is 13.1. The summed E-state index contributed by atoms with van der Waals surface area (Å²) in [5.74, 6) is 0. The van der Waals surface area contributed by atoms with Gasteiger partial charge in [-0.2, -0.15) is 0 Å². The zero-order valence-electron chi connectivity index (χ0n) is 10.2. The fourth-order valence-corrected chi connectivity index (χ4v) is 4.45. The quantitative estimate of drug-likeness (QED) is 0.887. The number of aliphatic hydroxyl groups excluding tert-OH is 1. The molecule has 2 aromatic rings. The van der Waals surface area contributed by atoms with Crippen LogP contribution in [-0.2, 0) is 10.0 Å². The Kier molecular flexibility index (Phi) is 3.34. The second-order valence-electron chi connectivity index (χ2n) is 4.80. The third kappa shape index (κ3) is 2.67. The maximum Gasteiger partial charge on any atom is 0.214 e. The Labute approximate surface area is 116 Å². The van der Waals surface area contributed by atoms with Crippen molar-refractivity contribution >= 4 is 31.4 Å². The van der Waals surface area contributed by atoms with E-state index in [9.17, 15) is 13.5 Å². The highest BCUT2D eigenvalue weighted by molar-refractivity contribution is 7.90. The van der Waals surface area contributed by atoms with Gasteiger partial charge in [-0.15, -0.1) is 11.3 Å². The molecule has 0 bridgehead atoms. The van der Waals surface area contributed by atoms with Gasteiger partial charge in [-0.25, -0.2) is 13.1 Å². The molecule has 1 aliphatic carbocycles. The average Bonchev–Trinajstić information content (AvgIpc) is 3.17. The van der Waals surface area contributed by atoms with Crippen molar-refractivity contribution in [3.63, 3.8) is 0 Å². The number of benzene rings is 1. The largest absolute Gasteiger partial charge is 0.387 e. The summed E-state index contributed by atoms with van der Waals surface area (Å²) in [6, 6.07) is 7.80. The lowest BCUT2D eigenvalue weighted by atomic mass is 10.1. The standard InChI is InChI=1S/C13H15NO3S2/c15-12(7-14-19(16,17)9-5-6-9)11-8-18-13-4-2-1-3-10(11)13/h1-4,8-9,12,14-15H,5-7H2/t12-/m1/s1. The molecule has 102 valence electrons. The second kappa shape index (κ2) is 4.86. The minimum Gasteiger partial charge on any atom is -0.387 e. The van der Waals surface area contributed by atoms with E-state index in [0.29, 0.717) is 0 Å². The number of aliphatic hydroxyl groups is 1. The maximum absolute atomic E-state index is 11.7. The molecule has 0 aliphatic heterocycles. The van der Waals surface area contributed by atoms with E-state index in [0.717, 1.165) is 28.5 Å². The van der Waals surface area contributed by atoms with Crippen LogP contribution in [0.3, 0.4) is 0 Å². The van der Waals surface area contributed by atoms with E-state index in [-0.39, 0.29) is 11.8 Å². The first-order chi connectivity index (χ1) is 9.08. The van der Waals surface area contributed by atoms with Gasteiger partial charge in [0.2, 0.25) is 10.0 Å². The zero-order valence-corrected chi connectivity index (χ0v) is 11.9. The van der Waals surface area contributed by atoms with Gasteiger partial charge in [0.1, 0.15) is 0 Å². The first-order valence-electron chi connectivity index (χ1n) is 6.20. The molecule has 3 rings (SSSR count). The Morgan fingerprint density at radius 2 is 2.11 bits per heavy atom. The zero-order chi connectivity index (χ0) is 13.5. The Balaban J connectivity index is 1.75. The Bertz CT molecular complexity index is 689. The normalized spacial score (nSPS) is 17.7. The number of fused-ring (bicyclic) bond motifs is 1. The Morgan fingerprint density at radius 1 is 1.37 bits per heavy atom. The van der Waals surface area contributed by atoms with Gasteiger partial charge < -0.3 is 5.11 Å². The lowest BCUT2D eigenvalue weighted by molar-refractivity contribution is 0.184. The summed E-state index contributed by atoms with van der Waals surface area (Å²) in [6.45, 7) is 0.0412. The summed E-state index contributed by atoms with van der Waals surface area (Å²) < 4.78 is 27.0. The van der Waals surface area contributed by atoms with Crippen LogP contribution in [0, 0.1) is 0 Å². The van der Waals surface area contributed by atoms with Crippen LogP contribution in [0.4, 0.5) is 0 Å². The van der Waals surface area contributed by atoms with Gasteiger partial charge in [0.25, 0.3) is 0 Å². The van der Waals surface area contributed by atoms with Crippen molar-refractivity contribution in [2.45, 2.75) is 24.2 Å². The number of hydrogen-bond donors (Lipinski definition) is 2. The van der Waals surface area contributed by atoms with Crippen LogP contribution in [0.5, 0.6) is 0 Å². The molecule has 1 aromatic heterocycles. The predicted molar refractivity (Wildman–Crippen MR) is 76.7 cm³/mol. The summed E-state index contributed by atoms with van der Waals surface area (Å²) >= 11 is 1.56. The second-order valence-corrected chi connectivity index (χ2v) is 7.75. The van der Waals surface area contributed by atoms with Gasteiger partial charge in [0, 0.05) is 16.8 Å². The molecule has 6 heteroatoms. The topological polar surface area (TPSA) is 66.4 Å². The lowest BCUT2D eigenvalue weighted by Gasteiger charge is -2.11. The lowest BCUT2D eigenvalue weighted by Crippen LogP contribution is -2.31. The van der Waals surface area contributed by atoms with Crippen molar-refractivity contribution in [3.05, 3.63) is 35.2 Å². The molecule has 0 radical (unpaired) electrons. The van der Waals surface area contributed by atoms with Gasteiger partial charge in [0.05, 0.1) is 11.4 Å². The first-order valence-corrected chi connectivity index (χ1v) is 8.63. The Morgan fingerprint density at radius 3 is 2.84 bits per heavy atom. The molecule has 1 aliphatic rings. The van der Waals surface area contributed by atoms with Gasteiger partial charge in [-0.1, -0.05) is 18.2 Å². The van der Waals surface area contributed by atoms with Crippen LogP contribution in [0.15, 0.2) is 29.6 Å². The monoisotopic (exact) mass is 297 g/mol. The summed E-state index contributed by atoms with van der Waals surface area (Å²) in [5, 5.41) is 12.8. The molecule has 0 unspecified atom stereocenters. The molecular formula is C13H15NO3S2. The van der Waals surface area contributed by atoms with Crippen molar-refractivity contribution in [2.24, 2.45) is 0 Å².